The highest BCUT2D eigenvalue weighted by Gasteiger charge is 2.33. The number of hydrogen-bond acceptors (Lipinski definition) is 6. The fourth-order valence-electron chi connectivity index (χ4n) is 1.81. The summed E-state index contributed by atoms with van der Waals surface area (Å²) in [5, 5.41) is 11.1. The molecular weight excluding hydrogens is 323 g/mol. The average Bonchev–Trinajstić information content (AvgIpc) is 2.43. The molecule has 0 aliphatic heterocycles. The van der Waals surface area contributed by atoms with Crippen LogP contribution in [0.25, 0.3) is 0 Å². The van der Waals surface area contributed by atoms with Crippen molar-refractivity contribution in [1.82, 2.24) is 0 Å². The lowest BCUT2D eigenvalue weighted by molar-refractivity contribution is -0.384. The minimum absolute atomic E-state index is 0.0420. The number of carbonyl (C=O) groups is 2. The van der Waals surface area contributed by atoms with E-state index in [0.717, 1.165) is 18.2 Å². The Labute approximate surface area is 138 Å². The Balaban J connectivity index is 3.35. The lowest BCUT2D eigenvalue weighted by atomic mass is 10.2. The van der Waals surface area contributed by atoms with Crippen LogP contribution in [0.2, 0.25) is 0 Å². The fourth-order valence-corrected chi connectivity index (χ4v) is 1.81. The molecule has 0 aromatic heterocycles. The standard InChI is InChI=1S/C15H19FN2O6/c1-5-23-12(19)9-17(14(20)24-15(2,3)4)13-10(16)7-6-8-11(13)18(21)22/h6-8H,5,9H2,1-4H3. The first kappa shape index (κ1) is 19.3. The van der Waals surface area contributed by atoms with Crippen LogP contribution in [0.5, 0.6) is 0 Å². The van der Waals surface area contributed by atoms with Gasteiger partial charge in [-0.15, -0.1) is 0 Å². The Morgan fingerprint density at radius 1 is 1.33 bits per heavy atom. The predicted molar refractivity (Wildman–Crippen MR) is 83.3 cm³/mol. The van der Waals surface area contributed by atoms with Gasteiger partial charge in [-0.2, -0.15) is 0 Å². The van der Waals surface area contributed by atoms with E-state index in [-0.39, 0.29) is 6.61 Å². The van der Waals surface area contributed by atoms with Crippen molar-refractivity contribution in [3.8, 4) is 0 Å². The molecule has 1 rings (SSSR count). The molecule has 0 spiro atoms. The molecule has 0 radical (unpaired) electrons. The van der Waals surface area contributed by atoms with Gasteiger partial charge in [0.05, 0.1) is 11.5 Å². The van der Waals surface area contributed by atoms with E-state index in [9.17, 15) is 24.1 Å². The van der Waals surface area contributed by atoms with Crippen LogP contribution in [-0.2, 0) is 14.3 Å². The second kappa shape index (κ2) is 7.71. The first-order chi connectivity index (χ1) is 11.1. The van der Waals surface area contributed by atoms with Crippen LogP contribution in [0, 0.1) is 15.9 Å². The molecule has 24 heavy (non-hydrogen) atoms. The van der Waals surface area contributed by atoms with Gasteiger partial charge in [-0.05, 0) is 33.8 Å². The van der Waals surface area contributed by atoms with Crippen LogP contribution in [0.4, 0.5) is 20.6 Å². The average molecular weight is 342 g/mol. The first-order valence-electron chi connectivity index (χ1n) is 7.16. The van der Waals surface area contributed by atoms with Crippen LogP contribution in [0.3, 0.4) is 0 Å². The molecule has 1 aromatic carbocycles. The second-order valence-corrected chi connectivity index (χ2v) is 5.74. The molecule has 0 fully saturated rings. The summed E-state index contributed by atoms with van der Waals surface area (Å²) in [6, 6.07) is 3.11. The van der Waals surface area contributed by atoms with Crippen molar-refractivity contribution in [1.29, 1.82) is 0 Å². The number of nitro groups is 1. The number of nitro benzene ring substituents is 1. The maximum atomic E-state index is 14.2. The van der Waals surface area contributed by atoms with Crippen molar-refractivity contribution >= 4 is 23.4 Å². The van der Waals surface area contributed by atoms with Crippen molar-refractivity contribution in [3.63, 3.8) is 0 Å². The summed E-state index contributed by atoms with van der Waals surface area (Å²) >= 11 is 0. The zero-order valence-corrected chi connectivity index (χ0v) is 13.9. The van der Waals surface area contributed by atoms with E-state index in [1.807, 2.05) is 0 Å². The number of ether oxygens (including phenoxy) is 2. The molecule has 0 bridgehead atoms. The third-order valence-electron chi connectivity index (χ3n) is 2.64. The van der Waals surface area contributed by atoms with Crippen LogP contribution >= 0.6 is 0 Å². The topological polar surface area (TPSA) is 99.0 Å². The Kier molecular flexibility index (Phi) is 6.21. The van der Waals surface area contributed by atoms with E-state index in [2.05, 4.69) is 0 Å². The van der Waals surface area contributed by atoms with Crippen molar-refractivity contribution in [2.75, 3.05) is 18.1 Å². The maximum absolute atomic E-state index is 14.2. The fraction of sp³-hybridized carbons (Fsp3) is 0.467. The summed E-state index contributed by atoms with van der Waals surface area (Å²) in [5.74, 6) is -1.87. The predicted octanol–water partition coefficient (Wildman–Crippen LogP) is 3.04. The molecule has 9 heteroatoms. The van der Waals surface area contributed by atoms with E-state index in [0.29, 0.717) is 4.90 Å². The van der Waals surface area contributed by atoms with Gasteiger partial charge in [0, 0.05) is 6.07 Å². The quantitative estimate of drug-likeness (QED) is 0.463. The molecule has 132 valence electrons. The molecule has 0 saturated heterocycles. The van der Waals surface area contributed by atoms with Gasteiger partial charge in [0.25, 0.3) is 5.69 Å². The van der Waals surface area contributed by atoms with Gasteiger partial charge in [-0.25, -0.2) is 9.18 Å². The van der Waals surface area contributed by atoms with Crippen LogP contribution in [0.15, 0.2) is 18.2 Å². The number of anilines is 1. The maximum Gasteiger partial charge on any atom is 0.415 e. The summed E-state index contributed by atoms with van der Waals surface area (Å²) in [4.78, 5) is 34.9. The van der Waals surface area contributed by atoms with E-state index in [1.165, 1.54) is 0 Å². The summed E-state index contributed by atoms with van der Waals surface area (Å²) in [5.41, 5.74) is -2.25. The molecule has 0 N–H and O–H groups in total. The van der Waals surface area contributed by atoms with Gasteiger partial charge in [-0.1, -0.05) is 6.07 Å². The molecular formula is C15H19FN2O6. The van der Waals surface area contributed by atoms with Crippen LogP contribution in [-0.4, -0.2) is 35.7 Å². The van der Waals surface area contributed by atoms with E-state index < -0.39 is 46.3 Å². The van der Waals surface area contributed by atoms with Crippen molar-refractivity contribution in [2.24, 2.45) is 0 Å². The summed E-state index contributed by atoms with van der Waals surface area (Å²) in [6.07, 6.45) is -1.09. The Hall–Kier alpha value is -2.71. The highest BCUT2D eigenvalue weighted by atomic mass is 19.1. The molecule has 1 amide bonds. The number of rotatable bonds is 5. The minimum atomic E-state index is -1.09. The van der Waals surface area contributed by atoms with Gasteiger partial charge >= 0.3 is 12.1 Å². The Morgan fingerprint density at radius 3 is 2.46 bits per heavy atom. The molecule has 8 nitrogen and oxygen atoms in total. The molecule has 0 atom stereocenters. The SMILES string of the molecule is CCOC(=O)CN(C(=O)OC(C)(C)C)c1c(F)cccc1[N+](=O)[O-]. The number of amides is 1. The minimum Gasteiger partial charge on any atom is -0.465 e. The van der Waals surface area contributed by atoms with Gasteiger partial charge in [0.2, 0.25) is 0 Å². The van der Waals surface area contributed by atoms with Crippen molar-refractivity contribution in [3.05, 3.63) is 34.1 Å². The Morgan fingerprint density at radius 2 is 1.96 bits per heavy atom. The largest absolute Gasteiger partial charge is 0.465 e. The monoisotopic (exact) mass is 342 g/mol. The molecule has 0 unspecified atom stereocenters. The summed E-state index contributed by atoms with van der Waals surface area (Å²) < 4.78 is 24.0. The lowest BCUT2D eigenvalue weighted by Gasteiger charge is -2.26. The first-order valence-corrected chi connectivity index (χ1v) is 7.16. The van der Waals surface area contributed by atoms with E-state index in [1.54, 1.807) is 27.7 Å². The van der Waals surface area contributed by atoms with E-state index >= 15 is 0 Å². The van der Waals surface area contributed by atoms with Gasteiger partial charge < -0.3 is 9.47 Å². The number of halogens is 1. The van der Waals surface area contributed by atoms with Gasteiger partial charge in [0.15, 0.2) is 11.5 Å². The number of carbonyl (C=O) groups excluding carboxylic acids is 2. The summed E-state index contributed by atoms with van der Waals surface area (Å²) in [6.45, 7) is 5.60. The second-order valence-electron chi connectivity index (χ2n) is 5.74. The normalized spacial score (nSPS) is 10.9. The molecule has 0 aliphatic carbocycles. The number of benzene rings is 1. The van der Waals surface area contributed by atoms with Gasteiger partial charge in [0.1, 0.15) is 12.1 Å². The number of para-hydroxylation sites is 1. The number of esters is 1. The van der Waals surface area contributed by atoms with Crippen molar-refractivity contribution < 1.29 is 28.4 Å². The molecule has 1 aromatic rings. The number of nitrogens with zero attached hydrogens (tertiary/aromatic N) is 2. The Bertz CT molecular complexity index is 641. The smallest absolute Gasteiger partial charge is 0.415 e. The molecule has 0 heterocycles. The lowest BCUT2D eigenvalue weighted by Crippen LogP contribution is -2.41. The molecule has 0 saturated carbocycles. The zero-order valence-electron chi connectivity index (χ0n) is 13.9. The van der Waals surface area contributed by atoms with Crippen molar-refractivity contribution in [2.45, 2.75) is 33.3 Å². The van der Waals surface area contributed by atoms with Crippen LogP contribution in [0.1, 0.15) is 27.7 Å². The third-order valence-corrected chi connectivity index (χ3v) is 2.64. The number of hydrogen-bond donors (Lipinski definition) is 0. The van der Waals surface area contributed by atoms with Gasteiger partial charge in [-0.3, -0.25) is 19.8 Å². The highest BCUT2D eigenvalue weighted by molar-refractivity contribution is 5.96. The summed E-state index contributed by atoms with van der Waals surface area (Å²) in [7, 11) is 0. The van der Waals surface area contributed by atoms with Crippen LogP contribution < -0.4 is 4.90 Å². The molecule has 0 aliphatic rings. The zero-order chi connectivity index (χ0) is 18.5. The highest BCUT2D eigenvalue weighted by Crippen LogP contribution is 2.32. The van der Waals surface area contributed by atoms with E-state index in [4.69, 9.17) is 9.47 Å². The third kappa shape index (κ3) is 5.18.